The largest absolute Gasteiger partial charge is 0.401 e. The minimum atomic E-state index is -4.76. The van der Waals surface area contributed by atoms with E-state index in [2.05, 4.69) is 44.1 Å². The summed E-state index contributed by atoms with van der Waals surface area (Å²) in [4.78, 5) is 24.7. The van der Waals surface area contributed by atoms with Crippen molar-refractivity contribution in [2.24, 2.45) is 5.41 Å². The van der Waals surface area contributed by atoms with Crippen molar-refractivity contribution in [3.63, 3.8) is 0 Å². The number of carbonyl (C=O) groups is 2. The van der Waals surface area contributed by atoms with Gasteiger partial charge in [-0.2, -0.15) is 13.2 Å². The highest BCUT2D eigenvalue weighted by atomic mass is 35.5. The van der Waals surface area contributed by atoms with E-state index in [1.54, 1.807) is 18.2 Å². The zero-order valence-corrected chi connectivity index (χ0v) is 24.6. The number of hydrogen-bond acceptors (Lipinski definition) is 3. The maximum Gasteiger partial charge on any atom is 0.401 e. The first-order chi connectivity index (χ1) is 19.1. The highest BCUT2D eigenvalue weighted by molar-refractivity contribution is 6.40. The molecule has 0 aliphatic heterocycles. The van der Waals surface area contributed by atoms with Gasteiger partial charge in [-0.15, -0.1) is 0 Å². The smallest absolute Gasteiger partial charge is 0.342 e. The van der Waals surface area contributed by atoms with Crippen molar-refractivity contribution in [2.45, 2.75) is 71.5 Å². The lowest BCUT2D eigenvalue weighted by Crippen LogP contribution is -2.43. The topological polar surface area (TPSA) is 70.0 Å². The summed E-state index contributed by atoms with van der Waals surface area (Å²) < 4.78 is 39.8. The number of aryl methyl sites for hydroxylation is 2. The first-order valence-corrected chi connectivity index (χ1v) is 13.8. The zero-order valence-electron chi connectivity index (χ0n) is 23.9. The monoisotopic (exact) mass is 586 g/mol. The maximum absolute atomic E-state index is 13.3. The molecule has 41 heavy (non-hydrogen) atoms. The van der Waals surface area contributed by atoms with E-state index in [0.29, 0.717) is 28.1 Å². The van der Waals surface area contributed by atoms with Crippen LogP contribution in [0.5, 0.6) is 0 Å². The summed E-state index contributed by atoms with van der Waals surface area (Å²) in [6.45, 7) is 15.6. The van der Waals surface area contributed by atoms with Crippen molar-refractivity contribution >= 4 is 34.6 Å². The van der Waals surface area contributed by atoms with Crippen molar-refractivity contribution in [2.75, 3.05) is 0 Å². The summed E-state index contributed by atoms with van der Waals surface area (Å²) in [5, 5.41) is 11.2. The third-order valence-corrected chi connectivity index (χ3v) is 7.43. The van der Waals surface area contributed by atoms with Gasteiger partial charge < -0.3 is 10.7 Å². The van der Waals surface area contributed by atoms with Crippen molar-refractivity contribution in [1.82, 2.24) is 5.32 Å². The van der Waals surface area contributed by atoms with Crippen LogP contribution in [0.3, 0.4) is 0 Å². The van der Waals surface area contributed by atoms with Gasteiger partial charge in [-0.1, -0.05) is 81.1 Å². The Kier molecular flexibility index (Phi) is 11.9. The highest BCUT2D eigenvalue weighted by Crippen LogP contribution is 2.39. The van der Waals surface area contributed by atoms with Gasteiger partial charge in [0.15, 0.2) is 5.78 Å². The highest BCUT2D eigenvalue weighted by Gasteiger charge is 2.53. The van der Waals surface area contributed by atoms with E-state index in [4.69, 9.17) is 17.0 Å². The van der Waals surface area contributed by atoms with E-state index in [1.807, 2.05) is 12.1 Å². The maximum atomic E-state index is 13.3. The number of allylic oxidation sites excluding steroid dienone is 1. The van der Waals surface area contributed by atoms with Crippen LogP contribution in [-0.2, 0) is 22.4 Å². The van der Waals surface area contributed by atoms with Crippen molar-refractivity contribution in [3.05, 3.63) is 101 Å². The fourth-order valence-electron chi connectivity index (χ4n) is 4.23. The molecular weight excluding hydrogens is 549 g/mol. The van der Waals surface area contributed by atoms with E-state index < -0.39 is 35.0 Å². The molecule has 2 rings (SSSR count). The molecule has 0 radical (unpaired) electrons. The van der Waals surface area contributed by atoms with Crippen molar-refractivity contribution in [1.29, 1.82) is 5.41 Å². The number of benzene rings is 2. The number of carbonyl (C=O) groups excluding carboxylic acids is 2. The van der Waals surface area contributed by atoms with Crippen LogP contribution in [0, 0.1) is 10.8 Å². The lowest BCUT2D eigenvalue weighted by Gasteiger charge is -2.26. The fraction of sp³-hybridized carbons (Fsp3) is 0.364. The van der Waals surface area contributed by atoms with E-state index in [0.717, 1.165) is 50.3 Å². The Balaban J connectivity index is 2.25. The van der Waals surface area contributed by atoms with Gasteiger partial charge in [-0.25, -0.2) is 0 Å². The predicted molar refractivity (Wildman–Crippen MR) is 161 cm³/mol. The van der Waals surface area contributed by atoms with E-state index in [9.17, 15) is 22.8 Å². The second-order valence-corrected chi connectivity index (χ2v) is 11.1. The lowest BCUT2D eigenvalue weighted by atomic mass is 9.83. The van der Waals surface area contributed by atoms with E-state index >= 15 is 0 Å². The fourth-order valence-corrected chi connectivity index (χ4v) is 4.45. The average Bonchev–Trinajstić information content (AvgIpc) is 2.93. The molecule has 2 aromatic rings. The van der Waals surface area contributed by atoms with E-state index in [1.165, 1.54) is 5.56 Å². The van der Waals surface area contributed by atoms with Gasteiger partial charge in [0.05, 0.1) is 11.8 Å². The third kappa shape index (κ3) is 9.02. The normalized spacial score (nSPS) is 12.4. The molecule has 2 aromatic carbocycles. The Labute approximate surface area is 245 Å². The quantitative estimate of drug-likeness (QED) is 0.124. The molecule has 0 fully saturated rings. The Morgan fingerprint density at radius 1 is 1.05 bits per heavy atom. The van der Waals surface area contributed by atoms with Gasteiger partial charge >= 0.3 is 6.18 Å². The van der Waals surface area contributed by atoms with Crippen LogP contribution in [-0.4, -0.2) is 23.6 Å². The van der Waals surface area contributed by atoms with Crippen molar-refractivity contribution < 1.29 is 22.8 Å². The molecule has 1 atom stereocenters. The summed E-state index contributed by atoms with van der Waals surface area (Å²) in [5.74, 6) is -1.70. The second kappa shape index (κ2) is 14.4. The number of hydrogen-bond donors (Lipinski definition) is 2. The number of ketones is 1. The molecule has 0 bridgehead atoms. The van der Waals surface area contributed by atoms with Gasteiger partial charge in [0.25, 0.3) is 0 Å². The Hall–Kier alpha value is -3.45. The van der Waals surface area contributed by atoms with Gasteiger partial charge in [0, 0.05) is 5.02 Å². The number of alkyl halides is 3. The molecule has 0 saturated heterocycles. The summed E-state index contributed by atoms with van der Waals surface area (Å²) in [6, 6.07) is 12.5. The van der Waals surface area contributed by atoms with Crippen LogP contribution in [0.4, 0.5) is 13.2 Å². The zero-order chi connectivity index (χ0) is 31.0. The van der Waals surface area contributed by atoms with Crippen molar-refractivity contribution in [3.8, 4) is 0 Å². The number of unbranched alkanes of at least 4 members (excludes halogenated alkanes) is 1. The molecule has 0 aliphatic carbocycles. The molecule has 0 aromatic heterocycles. The lowest BCUT2D eigenvalue weighted by molar-refractivity contribution is -0.206. The minimum absolute atomic E-state index is 0.133. The van der Waals surface area contributed by atoms with Gasteiger partial charge in [0.1, 0.15) is 5.41 Å². The Morgan fingerprint density at radius 2 is 1.66 bits per heavy atom. The molecule has 8 heteroatoms. The van der Waals surface area contributed by atoms with Crippen LogP contribution in [0.25, 0.3) is 5.57 Å². The Morgan fingerprint density at radius 3 is 2.22 bits per heavy atom. The number of halogens is 4. The molecule has 1 unspecified atom stereocenters. The number of rotatable bonds is 15. The second-order valence-electron chi connectivity index (χ2n) is 10.7. The van der Waals surface area contributed by atoms with Gasteiger partial charge in [-0.3, -0.25) is 9.59 Å². The Bertz CT molecular complexity index is 1310. The SMILES string of the molecule is C=CC(=O)NC(C(=C)CC(=C)c1ccc(CCCC)cc1)c1cc(CCC(=N)C(=O)C(C)(C)C(F)(F)F)ccc1Cl. The van der Waals surface area contributed by atoms with Crippen LogP contribution in [0.2, 0.25) is 5.02 Å². The van der Waals surface area contributed by atoms with Crippen LogP contribution >= 0.6 is 11.6 Å². The van der Waals surface area contributed by atoms with E-state index in [-0.39, 0.29) is 12.8 Å². The molecule has 0 aliphatic rings. The average molecular weight is 587 g/mol. The van der Waals surface area contributed by atoms with Crippen LogP contribution < -0.4 is 5.32 Å². The molecule has 1 amide bonds. The van der Waals surface area contributed by atoms with Gasteiger partial charge in [0.2, 0.25) is 5.91 Å². The van der Waals surface area contributed by atoms with Gasteiger partial charge in [-0.05, 0) is 91.5 Å². The molecule has 4 nitrogen and oxygen atoms in total. The third-order valence-electron chi connectivity index (χ3n) is 7.09. The first-order valence-electron chi connectivity index (χ1n) is 13.5. The molecule has 220 valence electrons. The molecular formula is C33H38ClF3N2O2. The molecule has 0 saturated carbocycles. The minimum Gasteiger partial charge on any atom is -0.342 e. The number of nitrogens with one attached hydrogen (secondary N) is 2. The van der Waals surface area contributed by atoms with Crippen LogP contribution in [0.15, 0.2) is 73.9 Å². The summed E-state index contributed by atoms with van der Waals surface area (Å²) >= 11 is 6.54. The standard InChI is InChI=1S/C33H38ClF3N2O2/c1-7-9-10-23-11-15-25(16-12-23)21(3)19-22(4)30(39-29(40)8-2)26-20-24(13-17-27(26)34)14-18-28(38)31(41)32(5,6)33(35,36)37/h8,11-13,15-17,20,30,38H,2-4,7,9-10,14,18-19H2,1,5-6H3,(H,39,40). The first kappa shape index (κ1) is 33.8. The molecule has 0 spiro atoms. The number of amides is 1. The summed E-state index contributed by atoms with van der Waals surface area (Å²) in [6.07, 6.45) is -0.0727. The summed E-state index contributed by atoms with van der Waals surface area (Å²) in [5.41, 5.74) is 1.53. The predicted octanol–water partition coefficient (Wildman–Crippen LogP) is 8.80. The summed E-state index contributed by atoms with van der Waals surface area (Å²) in [7, 11) is 0. The van der Waals surface area contributed by atoms with Crippen LogP contribution in [0.1, 0.15) is 74.8 Å². The molecule has 0 heterocycles. The number of Topliss-reactive ketones (excluding diaryl/α,β-unsaturated/α-hetero) is 1. The molecule has 2 N–H and O–H groups in total.